The van der Waals surface area contributed by atoms with E-state index >= 15 is 0 Å². The van der Waals surface area contributed by atoms with Crippen LogP contribution < -0.4 is 0 Å². The Morgan fingerprint density at radius 2 is 1.18 bits per heavy atom. The Balaban J connectivity index is 1.06. The first-order valence-electron chi connectivity index (χ1n) is 22.9. The van der Waals surface area contributed by atoms with Crippen LogP contribution in [0.2, 0.25) is 0 Å². The van der Waals surface area contributed by atoms with Crippen molar-refractivity contribution < 1.29 is 4.79 Å². The number of carbonyl (C=O) groups excluding carboxylic acids is 1. The highest BCUT2D eigenvalue weighted by molar-refractivity contribution is 5.78. The van der Waals surface area contributed by atoms with Crippen LogP contribution >= 0.6 is 0 Å². The maximum absolute atomic E-state index is 13.4. The fourth-order valence-corrected chi connectivity index (χ4v) is 15.0. The minimum Gasteiger partial charge on any atom is -0.300 e. The van der Waals surface area contributed by atoms with Gasteiger partial charge in [-0.05, 0) is 140 Å². The molecule has 5 aliphatic rings. The number of fused-ring (bicyclic) bond motifs is 7. The van der Waals surface area contributed by atoms with Crippen LogP contribution in [0, 0.1) is 62.6 Å². The Labute approximate surface area is 313 Å². The van der Waals surface area contributed by atoms with Crippen LogP contribution in [-0.4, -0.2) is 5.78 Å². The van der Waals surface area contributed by atoms with Gasteiger partial charge in [-0.3, -0.25) is 4.79 Å². The molecule has 50 heavy (non-hydrogen) atoms. The van der Waals surface area contributed by atoms with E-state index in [1.807, 2.05) is 0 Å². The third-order valence-corrected chi connectivity index (χ3v) is 18.3. The lowest BCUT2D eigenvalue weighted by Gasteiger charge is -2.73. The molecule has 10 atom stereocenters. The first kappa shape index (κ1) is 40.6. The first-order chi connectivity index (χ1) is 23.7. The zero-order valence-electron chi connectivity index (χ0n) is 35.2. The summed E-state index contributed by atoms with van der Waals surface area (Å²) < 4.78 is 0. The first-order valence-corrected chi connectivity index (χ1v) is 22.9. The van der Waals surface area contributed by atoms with E-state index in [2.05, 4.69) is 62.0 Å². The number of hydrogen-bond donors (Lipinski definition) is 0. The highest BCUT2D eigenvalue weighted by atomic mass is 16.1. The minimum absolute atomic E-state index is 0.262. The molecular formula is C49H86O. The number of carbonyl (C=O) groups is 1. The summed E-state index contributed by atoms with van der Waals surface area (Å²) in [4.78, 5) is 13.4. The van der Waals surface area contributed by atoms with E-state index in [0.717, 1.165) is 48.9 Å². The average molecular weight is 691 g/mol. The van der Waals surface area contributed by atoms with Crippen LogP contribution in [0.5, 0.6) is 0 Å². The van der Waals surface area contributed by atoms with Gasteiger partial charge in [0.05, 0.1) is 0 Å². The molecule has 0 aromatic carbocycles. The van der Waals surface area contributed by atoms with Gasteiger partial charge in [0.2, 0.25) is 0 Å². The highest BCUT2D eigenvalue weighted by Gasteiger charge is 2.70. The predicted molar refractivity (Wildman–Crippen MR) is 217 cm³/mol. The zero-order valence-corrected chi connectivity index (χ0v) is 35.2. The molecule has 0 aromatic heterocycles. The quantitative estimate of drug-likeness (QED) is 0.0974. The summed E-state index contributed by atoms with van der Waals surface area (Å²) in [6, 6.07) is 0. The van der Waals surface area contributed by atoms with Crippen molar-refractivity contribution >= 4 is 5.78 Å². The van der Waals surface area contributed by atoms with Gasteiger partial charge in [0, 0.05) is 12.8 Å². The van der Waals surface area contributed by atoms with Crippen molar-refractivity contribution in [1.82, 2.24) is 0 Å². The van der Waals surface area contributed by atoms with Crippen molar-refractivity contribution in [2.45, 2.75) is 229 Å². The molecule has 1 nitrogen and oxygen atoms in total. The highest BCUT2D eigenvalue weighted by Crippen LogP contribution is 2.77. The summed E-state index contributed by atoms with van der Waals surface area (Å²) >= 11 is 0. The SMILES string of the molecule is C=C(C)C1CCC2(C)CCC3(C)C(CCC4C5(C)CCC(CC(=O)CCCCCCCCCCCCCCCCC)C(C)(C)C5CCC43C)C12. The molecule has 10 unspecified atom stereocenters. The van der Waals surface area contributed by atoms with E-state index in [-0.39, 0.29) is 5.41 Å². The summed E-state index contributed by atoms with van der Waals surface area (Å²) in [6.07, 6.45) is 36.5. The minimum atomic E-state index is 0.262. The van der Waals surface area contributed by atoms with E-state index in [9.17, 15) is 4.79 Å². The van der Waals surface area contributed by atoms with Crippen LogP contribution in [-0.2, 0) is 4.79 Å². The number of unbranched alkanes of at least 4 members (excludes halogenated alkanes) is 14. The lowest BCUT2D eigenvalue weighted by Crippen LogP contribution is -2.66. The van der Waals surface area contributed by atoms with Crippen molar-refractivity contribution in [3.05, 3.63) is 12.2 Å². The average Bonchev–Trinajstić information content (AvgIpc) is 3.42. The second kappa shape index (κ2) is 16.8. The fourth-order valence-electron chi connectivity index (χ4n) is 15.0. The predicted octanol–water partition coefficient (Wildman–Crippen LogP) is 15.5. The topological polar surface area (TPSA) is 17.1 Å². The molecule has 1 heteroatoms. The molecule has 5 fully saturated rings. The third kappa shape index (κ3) is 7.94. The van der Waals surface area contributed by atoms with E-state index in [1.165, 1.54) is 160 Å². The fraction of sp³-hybridized carbons (Fsp3) is 0.939. The lowest BCUT2D eigenvalue weighted by atomic mass is 9.32. The number of allylic oxidation sites excluding steroid dienone is 1. The van der Waals surface area contributed by atoms with Crippen molar-refractivity contribution in [3.8, 4) is 0 Å². The van der Waals surface area contributed by atoms with E-state index < -0.39 is 0 Å². The Morgan fingerprint density at radius 1 is 0.600 bits per heavy atom. The van der Waals surface area contributed by atoms with Crippen LogP contribution in [0.3, 0.4) is 0 Å². The van der Waals surface area contributed by atoms with E-state index in [0.29, 0.717) is 33.4 Å². The maximum Gasteiger partial charge on any atom is 0.133 e. The van der Waals surface area contributed by atoms with Crippen molar-refractivity contribution in [2.75, 3.05) is 0 Å². The smallest absolute Gasteiger partial charge is 0.133 e. The van der Waals surface area contributed by atoms with Crippen LogP contribution in [0.1, 0.15) is 229 Å². The summed E-state index contributed by atoms with van der Waals surface area (Å²) in [5.41, 5.74) is 3.59. The lowest BCUT2D eigenvalue weighted by molar-refractivity contribution is -0.241. The van der Waals surface area contributed by atoms with Crippen LogP contribution in [0.25, 0.3) is 0 Å². The van der Waals surface area contributed by atoms with Gasteiger partial charge in [-0.25, -0.2) is 0 Å². The summed E-state index contributed by atoms with van der Waals surface area (Å²) in [5, 5.41) is 0. The van der Waals surface area contributed by atoms with Gasteiger partial charge in [0.25, 0.3) is 0 Å². The Hall–Kier alpha value is -0.590. The molecule has 0 saturated heterocycles. The number of Topliss-reactive ketones (excluding diaryl/α,β-unsaturated/α-hetero) is 1. The number of rotatable bonds is 19. The van der Waals surface area contributed by atoms with Crippen molar-refractivity contribution in [3.63, 3.8) is 0 Å². The molecule has 5 saturated carbocycles. The summed E-state index contributed by atoms with van der Waals surface area (Å²) in [6.45, 7) is 25.4. The molecule has 0 N–H and O–H groups in total. The van der Waals surface area contributed by atoms with E-state index in [4.69, 9.17) is 0 Å². The van der Waals surface area contributed by atoms with Crippen LogP contribution in [0.15, 0.2) is 12.2 Å². The third-order valence-electron chi connectivity index (χ3n) is 18.3. The summed E-state index contributed by atoms with van der Waals surface area (Å²) in [7, 11) is 0. The molecule has 5 rings (SSSR count). The van der Waals surface area contributed by atoms with E-state index in [1.54, 1.807) is 0 Å². The number of ketones is 1. The van der Waals surface area contributed by atoms with Gasteiger partial charge in [0.1, 0.15) is 5.78 Å². The molecular weight excluding hydrogens is 605 g/mol. The normalized spacial score (nSPS) is 40.4. The molecule has 0 spiro atoms. The second-order valence-corrected chi connectivity index (χ2v) is 21.3. The van der Waals surface area contributed by atoms with Gasteiger partial charge in [0.15, 0.2) is 0 Å². The maximum atomic E-state index is 13.4. The van der Waals surface area contributed by atoms with Gasteiger partial charge < -0.3 is 0 Å². The molecule has 0 bridgehead atoms. The van der Waals surface area contributed by atoms with Crippen molar-refractivity contribution in [2.24, 2.45) is 62.6 Å². The van der Waals surface area contributed by atoms with Gasteiger partial charge >= 0.3 is 0 Å². The van der Waals surface area contributed by atoms with Gasteiger partial charge in [-0.15, -0.1) is 0 Å². The molecule has 0 aliphatic heterocycles. The van der Waals surface area contributed by atoms with Gasteiger partial charge in [-0.2, -0.15) is 0 Å². The Bertz CT molecular complexity index is 1120. The zero-order chi connectivity index (χ0) is 36.2. The largest absolute Gasteiger partial charge is 0.300 e. The van der Waals surface area contributed by atoms with Gasteiger partial charge in [-0.1, -0.05) is 151 Å². The van der Waals surface area contributed by atoms with Crippen molar-refractivity contribution in [1.29, 1.82) is 0 Å². The van der Waals surface area contributed by atoms with Crippen LogP contribution in [0.4, 0.5) is 0 Å². The molecule has 0 radical (unpaired) electrons. The monoisotopic (exact) mass is 691 g/mol. The Morgan fingerprint density at radius 3 is 1.76 bits per heavy atom. The molecule has 5 aliphatic carbocycles. The molecule has 0 amide bonds. The second-order valence-electron chi connectivity index (χ2n) is 21.3. The molecule has 0 heterocycles. The molecule has 0 aromatic rings. The Kier molecular flexibility index (Phi) is 13.7. The summed E-state index contributed by atoms with van der Waals surface area (Å²) in [5.74, 6) is 5.21. The number of hydrogen-bond acceptors (Lipinski definition) is 1. The molecule has 288 valence electrons. The standard InChI is InChI=1S/C49H86O/c1-10-11-12-13-14-15-16-17-18-19-20-21-22-23-24-25-39(50)36-38-28-32-47(7)42(45(38,4)5)30-33-49(9)43(47)27-26-41-44-40(37(2)3)29-31-46(44,6)34-35-48(41,49)8/h38,40-44H,2,10-36H2,1,3-9H3.